The number of nitrogens with one attached hydrogen (secondary N) is 1. The summed E-state index contributed by atoms with van der Waals surface area (Å²) in [5.74, 6) is 0. The van der Waals surface area contributed by atoms with Gasteiger partial charge in [-0.05, 0) is 24.7 Å². The molecule has 2 aromatic rings. The van der Waals surface area contributed by atoms with Gasteiger partial charge in [0.15, 0.2) is 0 Å². The first-order chi connectivity index (χ1) is 9.20. The van der Waals surface area contributed by atoms with Gasteiger partial charge in [-0.2, -0.15) is 0 Å². The van der Waals surface area contributed by atoms with E-state index in [0.29, 0.717) is 13.2 Å². The highest BCUT2D eigenvalue weighted by molar-refractivity contribution is 5.76. The van der Waals surface area contributed by atoms with Crippen LogP contribution in [0, 0.1) is 5.41 Å². The molecule has 1 unspecified atom stereocenters. The number of rotatable bonds is 4. The van der Waals surface area contributed by atoms with Crippen LogP contribution in [0.15, 0.2) is 24.5 Å². The van der Waals surface area contributed by atoms with E-state index >= 15 is 0 Å². The van der Waals surface area contributed by atoms with Crippen LogP contribution in [0.3, 0.4) is 0 Å². The molecule has 0 radical (unpaired) electrons. The topological polar surface area (TPSA) is 59.3 Å². The normalized spacial score (nSPS) is 19.3. The Morgan fingerprint density at radius 1 is 1.53 bits per heavy atom. The Morgan fingerprint density at radius 2 is 2.32 bits per heavy atom. The maximum absolute atomic E-state index is 9.68. The second kappa shape index (κ2) is 4.59. The minimum Gasteiger partial charge on any atom is -0.396 e. The number of aromatic nitrogens is 2. The van der Waals surface area contributed by atoms with Gasteiger partial charge >= 0.3 is 0 Å². The largest absolute Gasteiger partial charge is 0.396 e. The lowest BCUT2D eigenvalue weighted by Crippen LogP contribution is -2.53. The van der Waals surface area contributed by atoms with Crippen molar-refractivity contribution in [2.45, 2.75) is 6.04 Å². The fourth-order valence-corrected chi connectivity index (χ4v) is 2.87. The van der Waals surface area contributed by atoms with Gasteiger partial charge in [-0.15, -0.1) is 0 Å². The molecule has 1 aliphatic rings. The van der Waals surface area contributed by atoms with Crippen LogP contribution in [-0.2, 0) is 11.8 Å². The summed E-state index contributed by atoms with van der Waals surface area (Å²) in [5, 5.41) is 13.0. The van der Waals surface area contributed by atoms with Crippen molar-refractivity contribution >= 4 is 11.0 Å². The van der Waals surface area contributed by atoms with Crippen molar-refractivity contribution in [3.63, 3.8) is 0 Å². The molecule has 1 aromatic carbocycles. The third-order valence-corrected chi connectivity index (χ3v) is 4.08. The molecule has 5 heteroatoms. The highest BCUT2D eigenvalue weighted by Gasteiger charge is 2.45. The van der Waals surface area contributed by atoms with Crippen molar-refractivity contribution in [2.75, 3.05) is 26.9 Å². The summed E-state index contributed by atoms with van der Waals surface area (Å²) in [7, 11) is 3.91. The van der Waals surface area contributed by atoms with Crippen LogP contribution in [-0.4, -0.2) is 41.5 Å². The van der Waals surface area contributed by atoms with E-state index < -0.39 is 0 Å². The van der Waals surface area contributed by atoms with E-state index in [2.05, 4.69) is 28.5 Å². The Morgan fingerprint density at radius 3 is 2.89 bits per heavy atom. The Balaban J connectivity index is 2.01. The van der Waals surface area contributed by atoms with Crippen molar-refractivity contribution in [2.24, 2.45) is 12.5 Å². The van der Waals surface area contributed by atoms with Gasteiger partial charge in [-0.25, -0.2) is 4.98 Å². The van der Waals surface area contributed by atoms with Gasteiger partial charge in [0.2, 0.25) is 0 Å². The van der Waals surface area contributed by atoms with E-state index in [9.17, 15) is 5.11 Å². The monoisotopic (exact) mass is 261 g/mol. The van der Waals surface area contributed by atoms with Gasteiger partial charge in [0, 0.05) is 13.1 Å². The summed E-state index contributed by atoms with van der Waals surface area (Å²) in [5.41, 5.74) is 3.03. The maximum atomic E-state index is 9.68. The summed E-state index contributed by atoms with van der Waals surface area (Å²) >= 11 is 0. The summed E-state index contributed by atoms with van der Waals surface area (Å²) in [6.07, 6.45) is 1.82. The number of hydrogen-bond acceptors (Lipinski definition) is 4. The SMILES string of the molecule is CNC(c1ccc2c(c1)ncn2C)C1(CO)COC1. The van der Waals surface area contributed by atoms with Crippen LogP contribution in [0.4, 0.5) is 0 Å². The van der Waals surface area contributed by atoms with Gasteiger partial charge in [-0.1, -0.05) is 6.07 Å². The van der Waals surface area contributed by atoms with Crippen LogP contribution in [0.5, 0.6) is 0 Å². The molecule has 3 rings (SSSR count). The molecule has 2 N–H and O–H groups in total. The fourth-order valence-electron chi connectivity index (χ4n) is 2.87. The minimum atomic E-state index is -0.211. The third kappa shape index (κ3) is 1.85. The van der Waals surface area contributed by atoms with Crippen molar-refractivity contribution < 1.29 is 9.84 Å². The second-order valence-corrected chi connectivity index (χ2v) is 5.34. The van der Waals surface area contributed by atoms with Crippen LogP contribution in [0.2, 0.25) is 0 Å². The molecular formula is C14H19N3O2. The molecule has 19 heavy (non-hydrogen) atoms. The van der Waals surface area contributed by atoms with Gasteiger partial charge < -0.3 is 19.7 Å². The Labute approximate surface area is 112 Å². The smallest absolute Gasteiger partial charge is 0.0955 e. The first-order valence-corrected chi connectivity index (χ1v) is 6.47. The predicted octanol–water partition coefficient (Wildman–Crippen LogP) is 0.843. The van der Waals surface area contributed by atoms with Gasteiger partial charge in [-0.3, -0.25) is 0 Å². The van der Waals surface area contributed by atoms with Crippen molar-refractivity contribution in [3.05, 3.63) is 30.1 Å². The number of nitrogens with zero attached hydrogens (tertiary/aromatic N) is 2. The molecule has 1 fully saturated rings. The summed E-state index contributed by atoms with van der Waals surface area (Å²) in [6.45, 7) is 1.31. The lowest BCUT2D eigenvalue weighted by atomic mass is 9.76. The number of aliphatic hydroxyl groups excluding tert-OH is 1. The van der Waals surface area contributed by atoms with Crippen molar-refractivity contribution in [1.82, 2.24) is 14.9 Å². The van der Waals surface area contributed by atoms with Crippen molar-refractivity contribution in [1.29, 1.82) is 0 Å². The molecular weight excluding hydrogens is 242 g/mol. The van der Waals surface area contributed by atoms with Crippen LogP contribution >= 0.6 is 0 Å². The maximum Gasteiger partial charge on any atom is 0.0955 e. The van der Waals surface area contributed by atoms with Crippen LogP contribution in [0.25, 0.3) is 11.0 Å². The lowest BCUT2D eigenvalue weighted by Gasteiger charge is -2.46. The zero-order valence-electron chi connectivity index (χ0n) is 11.3. The number of aliphatic hydroxyl groups is 1. The molecule has 0 aliphatic carbocycles. The predicted molar refractivity (Wildman–Crippen MR) is 72.9 cm³/mol. The second-order valence-electron chi connectivity index (χ2n) is 5.34. The molecule has 1 aliphatic heterocycles. The van der Waals surface area contributed by atoms with E-state index in [1.54, 1.807) is 0 Å². The molecule has 0 amide bonds. The highest BCUT2D eigenvalue weighted by atomic mass is 16.5. The highest BCUT2D eigenvalue weighted by Crippen LogP contribution is 2.40. The number of aryl methyl sites for hydroxylation is 1. The zero-order valence-corrected chi connectivity index (χ0v) is 11.3. The number of hydrogen-bond donors (Lipinski definition) is 2. The molecule has 5 nitrogen and oxygen atoms in total. The molecule has 0 spiro atoms. The van der Waals surface area contributed by atoms with Crippen molar-refractivity contribution in [3.8, 4) is 0 Å². The van der Waals surface area contributed by atoms with Crippen LogP contribution in [0.1, 0.15) is 11.6 Å². The van der Waals surface area contributed by atoms with E-state index in [0.717, 1.165) is 16.6 Å². The Bertz CT molecular complexity index is 584. The molecule has 1 atom stereocenters. The number of fused-ring (bicyclic) bond motifs is 1. The number of imidazole rings is 1. The Hall–Kier alpha value is -1.43. The average molecular weight is 261 g/mol. The van der Waals surface area contributed by atoms with E-state index in [4.69, 9.17) is 4.74 Å². The molecule has 1 saturated heterocycles. The van der Waals surface area contributed by atoms with E-state index in [-0.39, 0.29) is 18.1 Å². The minimum absolute atomic E-state index is 0.0812. The third-order valence-electron chi connectivity index (χ3n) is 4.08. The van der Waals surface area contributed by atoms with Crippen LogP contribution < -0.4 is 5.32 Å². The Kier molecular flexibility index (Phi) is 3.05. The summed E-state index contributed by atoms with van der Waals surface area (Å²) < 4.78 is 7.31. The zero-order chi connectivity index (χ0) is 13.5. The quantitative estimate of drug-likeness (QED) is 0.856. The van der Waals surface area contributed by atoms with E-state index in [1.165, 1.54) is 0 Å². The summed E-state index contributed by atoms with van der Waals surface area (Å²) in [6, 6.07) is 6.34. The van der Waals surface area contributed by atoms with E-state index in [1.807, 2.05) is 25.0 Å². The fraction of sp³-hybridized carbons (Fsp3) is 0.500. The molecule has 1 aromatic heterocycles. The average Bonchev–Trinajstić information content (AvgIpc) is 2.75. The molecule has 102 valence electrons. The molecule has 0 bridgehead atoms. The number of ether oxygens (including phenoxy) is 1. The summed E-state index contributed by atoms with van der Waals surface area (Å²) in [4.78, 5) is 4.39. The van der Waals surface area contributed by atoms with Gasteiger partial charge in [0.25, 0.3) is 0 Å². The molecule has 2 heterocycles. The standard InChI is InChI=1S/C14H19N3O2/c1-15-13(14(6-18)7-19-8-14)10-3-4-12-11(5-10)16-9-17(12)2/h3-5,9,13,15,18H,6-8H2,1-2H3. The van der Waals surface area contributed by atoms with Gasteiger partial charge in [0.1, 0.15) is 0 Å². The lowest BCUT2D eigenvalue weighted by molar-refractivity contribution is -0.155. The first kappa shape index (κ1) is 12.6. The molecule has 0 saturated carbocycles. The first-order valence-electron chi connectivity index (χ1n) is 6.47. The van der Waals surface area contributed by atoms with Gasteiger partial charge in [0.05, 0.1) is 42.6 Å². The number of benzene rings is 1.